The molecule has 1 aliphatic rings. The lowest BCUT2D eigenvalue weighted by molar-refractivity contribution is 0.124. The maximum atomic E-state index is 9.70. The molecule has 1 heterocycles. The molecule has 0 spiro atoms. The molecule has 21 heavy (non-hydrogen) atoms. The molecule has 0 aromatic heterocycles. The molecule has 0 aliphatic carbocycles. The monoisotopic (exact) mass is 292 g/mol. The van der Waals surface area contributed by atoms with Crippen LogP contribution in [0.1, 0.15) is 45.2 Å². The number of piperidine rings is 1. The number of aromatic hydroxyl groups is 2. The summed E-state index contributed by atoms with van der Waals surface area (Å²) in [5.41, 5.74) is 0.968. The third-order valence-corrected chi connectivity index (χ3v) is 4.50. The van der Waals surface area contributed by atoms with Gasteiger partial charge in [0.15, 0.2) is 0 Å². The molecule has 1 saturated heterocycles. The van der Waals surface area contributed by atoms with Gasteiger partial charge in [0.25, 0.3) is 0 Å². The van der Waals surface area contributed by atoms with E-state index in [0.29, 0.717) is 6.04 Å². The first-order valence-electron chi connectivity index (χ1n) is 7.96. The SMILES string of the molecule is CC(C)N(CC1CCNCC1)C(C)c1cc(O)cc(O)c1. The first-order valence-corrected chi connectivity index (χ1v) is 7.96. The summed E-state index contributed by atoms with van der Waals surface area (Å²) in [7, 11) is 0. The van der Waals surface area contributed by atoms with Gasteiger partial charge in [-0.25, -0.2) is 0 Å². The first kappa shape index (κ1) is 16.1. The van der Waals surface area contributed by atoms with Crippen LogP contribution in [0.25, 0.3) is 0 Å². The van der Waals surface area contributed by atoms with E-state index in [0.717, 1.165) is 31.1 Å². The predicted octanol–water partition coefficient (Wildman–Crippen LogP) is 2.87. The molecule has 4 heteroatoms. The second kappa shape index (κ2) is 7.14. The third-order valence-electron chi connectivity index (χ3n) is 4.50. The fourth-order valence-corrected chi connectivity index (χ4v) is 3.23. The summed E-state index contributed by atoms with van der Waals surface area (Å²) < 4.78 is 0. The molecular formula is C17H28N2O2. The number of hydrogen-bond donors (Lipinski definition) is 3. The third kappa shape index (κ3) is 4.35. The molecule has 118 valence electrons. The molecule has 0 saturated carbocycles. The zero-order chi connectivity index (χ0) is 15.4. The summed E-state index contributed by atoms with van der Waals surface area (Å²) >= 11 is 0. The van der Waals surface area contributed by atoms with Crippen molar-refractivity contribution < 1.29 is 10.2 Å². The van der Waals surface area contributed by atoms with E-state index in [1.807, 2.05) is 0 Å². The highest BCUT2D eigenvalue weighted by atomic mass is 16.3. The predicted molar refractivity (Wildman–Crippen MR) is 85.6 cm³/mol. The largest absolute Gasteiger partial charge is 0.508 e. The summed E-state index contributed by atoms with van der Waals surface area (Å²) in [5.74, 6) is 0.979. The molecule has 1 aliphatic heterocycles. The van der Waals surface area contributed by atoms with Crippen LogP contribution in [0.3, 0.4) is 0 Å². The zero-order valence-electron chi connectivity index (χ0n) is 13.3. The van der Waals surface area contributed by atoms with Crippen molar-refractivity contribution in [2.24, 2.45) is 5.92 Å². The van der Waals surface area contributed by atoms with Crippen LogP contribution < -0.4 is 5.32 Å². The number of hydrogen-bond acceptors (Lipinski definition) is 4. The number of phenols is 2. The van der Waals surface area contributed by atoms with Crippen LogP contribution in [0.2, 0.25) is 0 Å². The molecule has 2 rings (SSSR count). The average molecular weight is 292 g/mol. The van der Waals surface area contributed by atoms with Crippen LogP contribution in [-0.2, 0) is 0 Å². The van der Waals surface area contributed by atoms with Gasteiger partial charge in [-0.1, -0.05) is 0 Å². The highest BCUT2D eigenvalue weighted by Crippen LogP contribution is 2.30. The summed E-state index contributed by atoms with van der Waals surface area (Å²) in [6.07, 6.45) is 2.45. The summed E-state index contributed by atoms with van der Waals surface area (Å²) in [5, 5.41) is 22.8. The fourth-order valence-electron chi connectivity index (χ4n) is 3.23. The Kier molecular flexibility index (Phi) is 5.48. The van der Waals surface area contributed by atoms with Crippen LogP contribution in [0.4, 0.5) is 0 Å². The number of rotatable bonds is 5. The lowest BCUT2D eigenvalue weighted by Crippen LogP contribution is -2.40. The van der Waals surface area contributed by atoms with Gasteiger partial charge in [-0.05, 0) is 70.3 Å². The summed E-state index contributed by atoms with van der Waals surface area (Å²) in [6, 6.07) is 5.49. The molecule has 0 radical (unpaired) electrons. The summed E-state index contributed by atoms with van der Waals surface area (Å²) in [4.78, 5) is 2.46. The molecule has 4 nitrogen and oxygen atoms in total. The van der Waals surface area contributed by atoms with Gasteiger partial charge in [-0.3, -0.25) is 4.90 Å². The van der Waals surface area contributed by atoms with Crippen molar-refractivity contribution in [2.45, 2.75) is 45.7 Å². The van der Waals surface area contributed by atoms with Gasteiger partial charge >= 0.3 is 0 Å². The van der Waals surface area contributed by atoms with Crippen molar-refractivity contribution in [2.75, 3.05) is 19.6 Å². The van der Waals surface area contributed by atoms with Gasteiger partial charge in [0, 0.05) is 24.7 Å². The van der Waals surface area contributed by atoms with E-state index in [1.165, 1.54) is 18.9 Å². The Bertz CT molecular complexity index is 436. The van der Waals surface area contributed by atoms with Gasteiger partial charge in [0.2, 0.25) is 0 Å². The van der Waals surface area contributed by atoms with Crippen molar-refractivity contribution >= 4 is 0 Å². The Labute approximate surface area is 127 Å². The Hall–Kier alpha value is -1.26. The molecule has 3 N–H and O–H groups in total. The van der Waals surface area contributed by atoms with Crippen molar-refractivity contribution in [3.05, 3.63) is 23.8 Å². The highest BCUT2D eigenvalue weighted by molar-refractivity contribution is 5.38. The van der Waals surface area contributed by atoms with Crippen LogP contribution >= 0.6 is 0 Å². The van der Waals surface area contributed by atoms with Crippen molar-refractivity contribution in [1.29, 1.82) is 0 Å². The maximum absolute atomic E-state index is 9.70. The molecule has 1 fully saturated rings. The first-order chi connectivity index (χ1) is 9.97. The fraction of sp³-hybridized carbons (Fsp3) is 0.647. The Morgan fingerprint density at radius 1 is 1.10 bits per heavy atom. The van der Waals surface area contributed by atoms with Gasteiger partial charge in [0.1, 0.15) is 11.5 Å². The van der Waals surface area contributed by atoms with Crippen molar-refractivity contribution in [1.82, 2.24) is 10.2 Å². The second-order valence-electron chi connectivity index (χ2n) is 6.44. The van der Waals surface area contributed by atoms with Crippen LogP contribution in [0, 0.1) is 5.92 Å². The van der Waals surface area contributed by atoms with E-state index in [2.05, 4.69) is 31.0 Å². The number of benzene rings is 1. The Morgan fingerprint density at radius 3 is 2.19 bits per heavy atom. The Balaban J connectivity index is 2.12. The van der Waals surface area contributed by atoms with Gasteiger partial charge in [-0.15, -0.1) is 0 Å². The molecule has 1 unspecified atom stereocenters. The number of nitrogens with zero attached hydrogens (tertiary/aromatic N) is 1. The normalized spacial score (nSPS) is 18.3. The van der Waals surface area contributed by atoms with Crippen LogP contribution in [0.15, 0.2) is 18.2 Å². The molecule has 1 atom stereocenters. The molecule has 1 aromatic rings. The number of phenolic OH excluding ortho intramolecular Hbond substituents is 2. The van der Waals surface area contributed by atoms with Gasteiger partial charge in [0.05, 0.1) is 0 Å². The van der Waals surface area contributed by atoms with E-state index in [-0.39, 0.29) is 17.5 Å². The molecule has 0 bridgehead atoms. The second-order valence-corrected chi connectivity index (χ2v) is 6.44. The lowest BCUT2D eigenvalue weighted by atomic mass is 9.95. The molecule has 0 amide bonds. The minimum absolute atomic E-state index is 0.127. The average Bonchev–Trinajstić information content (AvgIpc) is 2.44. The standard InChI is InChI=1S/C17H28N2O2/c1-12(2)19(11-14-4-6-18-7-5-14)13(3)15-8-16(20)10-17(21)9-15/h8-10,12-14,18,20-21H,4-7,11H2,1-3H3. The minimum atomic E-state index is 0.127. The van der Waals surface area contributed by atoms with E-state index in [4.69, 9.17) is 0 Å². The Morgan fingerprint density at radius 2 is 1.67 bits per heavy atom. The van der Waals surface area contributed by atoms with Crippen LogP contribution in [0.5, 0.6) is 11.5 Å². The maximum Gasteiger partial charge on any atom is 0.119 e. The van der Waals surface area contributed by atoms with Crippen LogP contribution in [-0.4, -0.2) is 40.8 Å². The van der Waals surface area contributed by atoms with Crippen molar-refractivity contribution in [3.8, 4) is 11.5 Å². The van der Waals surface area contributed by atoms with E-state index in [9.17, 15) is 10.2 Å². The molecular weight excluding hydrogens is 264 g/mol. The van der Waals surface area contributed by atoms with Crippen molar-refractivity contribution in [3.63, 3.8) is 0 Å². The lowest BCUT2D eigenvalue weighted by Gasteiger charge is -2.37. The summed E-state index contributed by atoms with van der Waals surface area (Å²) in [6.45, 7) is 9.85. The highest BCUT2D eigenvalue weighted by Gasteiger charge is 2.24. The quantitative estimate of drug-likeness (QED) is 0.781. The van der Waals surface area contributed by atoms with Gasteiger partial charge in [-0.2, -0.15) is 0 Å². The smallest absolute Gasteiger partial charge is 0.119 e. The van der Waals surface area contributed by atoms with E-state index < -0.39 is 0 Å². The van der Waals surface area contributed by atoms with E-state index >= 15 is 0 Å². The van der Waals surface area contributed by atoms with E-state index in [1.54, 1.807) is 12.1 Å². The number of nitrogens with one attached hydrogen (secondary N) is 1. The zero-order valence-corrected chi connectivity index (χ0v) is 13.3. The molecule has 1 aromatic carbocycles. The minimum Gasteiger partial charge on any atom is -0.508 e. The van der Waals surface area contributed by atoms with Gasteiger partial charge < -0.3 is 15.5 Å². The topological polar surface area (TPSA) is 55.7 Å².